The van der Waals surface area contributed by atoms with E-state index in [2.05, 4.69) is 48.5 Å². The number of thioether (sulfide) groups is 1. The van der Waals surface area contributed by atoms with Gasteiger partial charge in [0.25, 0.3) is 0 Å². The highest BCUT2D eigenvalue weighted by Crippen LogP contribution is 2.18. The highest BCUT2D eigenvalue weighted by molar-refractivity contribution is 7.97. The molecule has 0 aliphatic carbocycles. The molecule has 2 heteroatoms. The number of hydrogen-bond acceptors (Lipinski definition) is 2. The fourth-order valence-electron chi connectivity index (χ4n) is 1.91. The van der Waals surface area contributed by atoms with Crippen LogP contribution in [0.2, 0.25) is 0 Å². The standard InChI is InChI=1S/C15H17NS/c1-12-6-3-4-7-13(12)10-14-8-5-9-16-15(14)11-17-2/h3-9H,10-11H2,1-2H3. The van der Waals surface area contributed by atoms with E-state index in [4.69, 9.17) is 0 Å². The predicted molar refractivity (Wildman–Crippen MR) is 75.4 cm³/mol. The number of aromatic nitrogens is 1. The Morgan fingerprint density at radius 1 is 1.06 bits per heavy atom. The molecule has 0 radical (unpaired) electrons. The molecule has 0 saturated heterocycles. The number of nitrogens with zero attached hydrogens (tertiary/aromatic N) is 1. The summed E-state index contributed by atoms with van der Waals surface area (Å²) in [6.45, 7) is 2.17. The third-order valence-corrected chi connectivity index (χ3v) is 3.47. The summed E-state index contributed by atoms with van der Waals surface area (Å²) in [4.78, 5) is 4.47. The molecule has 0 aliphatic rings. The Morgan fingerprint density at radius 3 is 2.59 bits per heavy atom. The van der Waals surface area contributed by atoms with Crippen molar-refractivity contribution < 1.29 is 0 Å². The van der Waals surface area contributed by atoms with Crippen LogP contribution in [0.4, 0.5) is 0 Å². The first kappa shape index (κ1) is 12.2. The minimum absolute atomic E-state index is 0.983. The van der Waals surface area contributed by atoms with Gasteiger partial charge in [0.1, 0.15) is 0 Å². The van der Waals surface area contributed by atoms with E-state index < -0.39 is 0 Å². The SMILES string of the molecule is CSCc1ncccc1Cc1ccccc1C. The van der Waals surface area contributed by atoms with Gasteiger partial charge in [0, 0.05) is 11.9 Å². The Bertz CT molecular complexity index is 494. The first-order valence-corrected chi connectivity index (χ1v) is 7.17. The Balaban J connectivity index is 2.27. The first-order valence-electron chi connectivity index (χ1n) is 5.77. The molecule has 1 aromatic heterocycles. The monoisotopic (exact) mass is 243 g/mol. The van der Waals surface area contributed by atoms with Crippen molar-refractivity contribution in [1.29, 1.82) is 0 Å². The number of hydrogen-bond donors (Lipinski definition) is 0. The third-order valence-electron chi connectivity index (χ3n) is 2.91. The fraction of sp³-hybridized carbons (Fsp3) is 0.267. The highest BCUT2D eigenvalue weighted by Gasteiger charge is 2.05. The summed E-state index contributed by atoms with van der Waals surface area (Å²) >= 11 is 1.82. The van der Waals surface area contributed by atoms with Crippen molar-refractivity contribution in [1.82, 2.24) is 4.98 Å². The summed E-state index contributed by atoms with van der Waals surface area (Å²) < 4.78 is 0. The lowest BCUT2D eigenvalue weighted by atomic mass is 10.00. The second kappa shape index (κ2) is 5.87. The van der Waals surface area contributed by atoms with Gasteiger partial charge in [-0.2, -0.15) is 11.8 Å². The lowest BCUT2D eigenvalue weighted by Crippen LogP contribution is -1.98. The number of pyridine rings is 1. The van der Waals surface area contributed by atoms with Crippen molar-refractivity contribution >= 4 is 11.8 Å². The molecule has 0 amide bonds. The smallest absolute Gasteiger partial charge is 0.0537 e. The van der Waals surface area contributed by atoms with Gasteiger partial charge in [-0.15, -0.1) is 0 Å². The minimum Gasteiger partial charge on any atom is -0.260 e. The van der Waals surface area contributed by atoms with E-state index in [-0.39, 0.29) is 0 Å². The summed E-state index contributed by atoms with van der Waals surface area (Å²) in [6.07, 6.45) is 4.98. The van der Waals surface area contributed by atoms with Crippen molar-refractivity contribution in [3.05, 3.63) is 65.0 Å². The van der Waals surface area contributed by atoms with Gasteiger partial charge in [0.2, 0.25) is 0 Å². The topological polar surface area (TPSA) is 12.9 Å². The van der Waals surface area contributed by atoms with Crippen molar-refractivity contribution in [3.8, 4) is 0 Å². The van der Waals surface area contributed by atoms with E-state index in [1.807, 2.05) is 24.0 Å². The zero-order valence-electron chi connectivity index (χ0n) is 10.3. The molecule has 2 aromatic rings. The maximum Gasteiger partial charge on any atom is 0.0537 e. The van der Waals surface area contributed by atoms with E-state index in [1.54, 1.807) is 0 Å². The second-order valence-electron chi connectivity index (χ2n) is 4.15. The average Bonchev–Trinajstić information content (AvgIpc) is 2.35. The maximum atomic E-state index is 4.47. The minimum atomic E-state index is 0.983. The van der Waals surface area contributed by atoms with Gasteiger partial charge in [-0.1, -0.05) is 30.3 Å². The summed E-state index contributed by atoms with van der Waals surface area (Å²) in [5.74, 6) is 0.988. The molecule has 2 rings (SSSR count). The van der Waals surface area contributed by atoms with E-state index in [0.29, 0.717) is 0 Å². The number of benzene rings is 1. The normalized spacial score (nSPS) is 10.5. The zero-order chi connectivity index (χ0) is 12.1. The Morgan fingerprint density at radius 2 is 1.82 bits per heavy atom. The van der Waals surface area contributed by atoms with E-state index in [9.17, 15) is 0 Å². The van der Waals surface area contributed by atoms with Crippen LogP contribution in [0.25, 0.3) is 0 Å². The molecular formula is C15H17NS. The molecule has 0 N–H and O–H groups in total. The van der Waals surface area contributed by atoms with Gasteiger partial charge in [-0.3, -0.25) is 4.98 Å². The van der Waals surface area contributed by atoms with Crippen LogP contribution in [0, 0.1) is 6.92 Å². The molecule has 1 nitrogen and oxygen atoms in total. The van der Waals surface area contributed by atoms with E-state index >= 15 is 0 Å². The highest BCUT2D eigenvalue weighted by atomic mass is 32.2. The molecule has 0 bridgehead atoms. The van der Waals surface area contributed by atoms with Gasteiger partial charge >= 0.3 is 0 Å². The van der Waals surface area contributed by atoms with Crippen LogP contribution in [0.15, 0.2) is 42.6 Å². The van der Waals surface area contributed by atoms with Crippen LogP contribution in [-0.2, 0) is 12.2 Å². The number of aryl methyl sites for hydroxylation is 1. The van der Waals surface area contributed by atoms with Crippen molar-refractivity contribution in [2.24, 2.45) is 0 Å². The first-order chi connectivity index (χ1) is 8.31. The Labute approximate surface area is 107 Å². The third kappa shape index (κ3) is 3.10. The van der Waals surface area contributed by atoms with E-state index in [1.165, 1.54) is 22.4 Å². The predicted octanol–water partition coefficient (Wildman–Crippen LogP) is 3.84. The summed E-state index contributed by atoms with van der Waals surface area (Å²) in [5, 5.41) is 0. The molecule has 0 saturated carbocycles. The van der Waals surface area contributed by atoms with Gasteiger partial charge in [0.15, 0.2) is 0 Å². The largest absolute Gasteiger partial charge is 0.260 e. The van der Waals surface area contributed by atoms with Crippen LogP contribution < -0.4 is 0 Å². The molecule has 1 aromatic carbocycles. The van der Waals surface area contributed by atoms with Gasteiger partial charge < -0.3 is 0 Å². The Kier molecular flexibility index (Phi) is 4.21. The molecule has 1 heterocycles. The van der Waals surface area contributed by atoms with Crippen molar-refractivity contribution in [2.45, 2.75) is 19.1 Å². The van der Waals surface area contributed by atoms with Crippen molar-refractivity contribution in [2.75, 3.05) is 6.26 Å². The van der Waals surface area contributed by atoms with Crippen LogP contribution in [0.5, 0.6) is 0 Å². The average molecular weight is 243 g/mol. The molecule has 0 unspecified atom stereocenters. The molecule has 0 aliphatic heterocycles. The molecule has 0 spiro atoms. The number of rotatable bonds is 4. The zero-order valence-corrected chi connectivity index (χ0v) is 11.1. The maximum absolute atomic E-state index is 4.47. The summed E-state index contributed by atoms with van der Waals surface area (Å²) in [5.41, 5.74) is 5.30. The van der Waals surface area contributed by atoms with Crippen LogP contribution >= 0.6 is 11.8 Å². The quantitative estimate of drug-likeness (QED) is 0.809. The molecule has 88 valence electrons. The van der Waals surface area contributed by atoms with Crippen LogP contribution in [0.3, 0.4) is 0 Å². The van der Waals surface area contributed by atoms with Crippen LogP contribution in [-0.4, -0.2) is 11.2 Å². The Hall–Kier alpha value is -1.28. The molecule has 0 atom stereocenters. The lowest BCUT2D eigenvalue weighted by Gasteiger charge is -2.09. The van der Waals surface area contributed by atoms with Crippen LogP contribution in [0.1, 0.15) is 22.4 Å². The lowest BCUT2D eigenvalue weighted by molar-refractivity contribution is 1.05. The van der Waals surface area contributed by atoms with Crippen molar-refractivity contribution in [3.63, 3.8) is 0 Å². The van der Waals surface area contributed by atoms with E-state index in [0.717, 1.165) is 12.2 Å². The second-order valence-corrected chi connectivity index (χ2v) is 5.01. The van der Waals surface area contributed by atoms with Gasteiger partial charge in [-0.25, -0.2) is 0 Å². The molecular weight excluding hydrogens is 226 g/mol. The summed E-state index contributed by atoms with van der Waals surface area (Å²) in [7, 11) is 0. The molecule has 17 heavy (non-hydrogen) atoms. The molecule has 0 fully saturated rings. The fourth-order valence-corrected chi connectivity index (χ4v) is 2.45. The summed E-state index contributed by atoms with van der Waals surface area (Å²) in [6, 6.07) is 12.8. The van der Waals surface area contributed by atoms with Gasteiger partial charge in [0.05, 0.1) is 5.69 Å². The van der Waals surface area contributed by atoms with Gasteiger partial charge in [-0.05, 0) is 42.4 Å².